The Balaban J connectivity index is 1.20. The Morgan fingerprint density at radius 2 is 1.79 bits per heavy atom. The van der Waals surface area contributed by atoms with Gasteiger partial charge < -0.3 is 14.5 Å². The summed E-state index contributed by atoms with van der Waals surface area (Å²) in [5.74, 6) is 1.28. The van der Waals surface area contributed by atoms with E-state index in [0.29, 0.717) is 16.7 Å². The van der Waals surface area contributed by atoms with Crippen molar-refractivity contribution >= 4 is 58.1 Å². The highest BCUT2D eigenvalue weighted by atomic mass is 35.5. The topological polar surface area (TPSA) is 70.9 Å². The Bertz CT molecular complexity index is 1210. The summed E-state index contributed by atoms with van der Waals surface area (Å²) in [7, 11) is 0. The molecule has 1 fully saturated rings. The number of amides is 1. The summed E-state index contributed by atoms with van der Waals surface area (Å²) in [6.07, 6.45) is 1.87. The molecule has 2 aliphatic heterocycles. The maximum absolute atomic E-state index is 12.5. The molecule has 7 nitrogen and oxygen atoms in total. The lowest BCUT2D eigenvalue weighted by Gasteiger charge is -2.35. The molecule has 33 heavy (non-hydrogen) atoms. The SMILES string of the molecule is O=C1N=C(N2CCN(c3nsnc3Cl)CC2)S/C1=C/c1cccc(OCc2ccccc2)c1. The van der Waals surface area contributed by atoms with Crippen LogP contribution in [0, 0.1) is 0 Å². The Morgan fingerprint density at radius 1 is 1.00 bits per heavy atom. The number of hydrogen-bond acceptors (Lipinski definition) is 8. The molecule has 2 aliphatic rings. The largest absolute Gasteiger partial charge is 0.489 e. The third-order valence-electron chi connectivity index (χ3n) is 5.30. The van der Waals surface area contributed by atoms with E-state index >= 15 is 0 Å². The van der Waals surface area contributed by atoms with Crippen molar-refractivity contribution in [1.29, 1.82) is 0 Å². The number of halogens is 1. The number of carbonyl (C=O) groups excluding carboxylic acids is 1. The molecule has 1 saturated heterocycles. The van der Waals surface area contributed by atoms with E-state index in [2.05, 4.69) is 23.5 Å². The average molecular weight is 498 g/mol. The number of ether oxygens (including phenoxy) is 1. The number of aromatic nitrogens is 2. The van der Waals surface area contributed by atoms with Crippen molar-refractivity contribution in [2.75, 3.05) is 31.1 Å². The lowest BCUT2D eigenvalue weighted by molar-refractivity contribution is -0.113. The van der Waals surface area contributed by atoms with Gasteiger partial charge in [-0.2, -0.15) is 13.7 Å². The van der Waals surface area contributed by atoms with Crippen molar-refractivity contribution in [2.24, 2.45) is 4.99 Å². The predicted molar refractivity (Wildman–Crippen MR) is 134 cm³/mol. The minimum Gasteiger partial charge on any atom is -0.489 e. The Kier molecular flexibility index (Phi) is 6.61. The fourth-order valence-corrected chi connectivity index (χ4v) is 5.33. The Morgan fingerprint density at radius 3 is 2.55 bits per heavy atom. The molecule has 0 atom stereocenters. The Labute approximate surface area is 205 Å². The van der Waals surface area contributed by atoms with Crippen molar-refractivity contribution in [3.63, 3.8) is 0 Å². The number of carbonyl (C=O) groups is 1. The molecule has 3 heterocycles. The lowest BCUT2D eigenvalue weighted by Crippen LogP contribution is -2.48. The summed E-state index contributed by atoms with van der Waals surface area (Å²) in [4.78, 5) is 21.7. The van der Waals surface area contributed by atoms with Crippen LogP contribution in [-0.4, -0.2) is 50.9 Å². The molecule has 10 heteroatoms. The molecule has 1 amide bonds. The molecule has 168 valence electrons. The second-order valence-electron chi connectivity index (χ2n) is 7.51. The van der Waals surface area contributed by atoms with Crippen LogP contribution in [-0.2, 0) is 11.4 Å². The average Bonchev–Trinajstić information content (AvgIpc) is 3.44. The van der Waals surface area contributed by atoms with Crippen LogP contribution in [0.4, 0.5) is 5.82 Å². The molecule has 0 bridgehead atoms. The number of aliphatic imine (C=N–C) groups is 1. The molecule has 0 unspecified atom stereocenters. The molecular weight excluding hydrogens is 478 g/mol. The standard InChI is InChI=1S/C23H20ClN5O2S2/c24-20-21(27-33-26-20)28-9-11-29(12-10-28)23-25-22(30)19(32-23)14-17-7-4-8-18(13-17)31-15-16-5-2-1-3-6-16/h1-8,13-14H,9-12,15H2/b19-14+. The van der Waals surface area contributed by atoms with Crippen LogP contribution in [0.25, 0.3) is 6.08 Å². The van der Waals surface area contributed by atoms with E-state index in [9.17, 15) is 4.79 Å². The van der Waals surface area contributed by atoms with Crippen LogP contribution in [0.1, 0.15) is 11.1 Å². The summed E-state index contributed by atoms with van der Waals surface area (Å²) in [6, 6.07) is 17.8. The minimum absolute atomic E-state index is 0.209. The van der Waals surface area contributed by atoms with E-state index in [1.54, 1.807) is 0 Å². The zero-order valence-electron chi connectivity index (χ0n) is 17.6. The van der Waals surface area contributed by atoms with Gasteiger partial charge in [0.2, 0.25) is 0 Å². The van der Waals surface area contributed by atoms with Crippen LogP contribution in [0.5, 0.6) is 5.75 Å². The van der Waals surface area contributed by atoms with Gasteiger partial charge in [-0.05, 0) is 41.1 Å². The third kappa shape index (κ3) is 5.21. The first-order valence-electron chi connectivity index (χ1n) is 10.4. The van der Waals surface area contributed by atoms with E-state index in [-0.39, 0.29) is 5.91 Å². The van der Waals surface area contributed by atoms with Crippen LogP contribution in [0.15, 0.2) is 64.5 Å². The maximum atomic E-state index is 12.5. The van der Waals surface area contributed by atoms with Crippen molar-refractivity contribution in [1.82, 2.24) is 13.6 Å². The molecule has 0 N–H and O–H groups in total. The molecule has 0 radical (unpaired) electrons. The molecule has 0 spiro atoms. The zero-order chi connectivity index (χ0) is 22.6. The predicted octanol–water partition coefficient (Wildman–Crippen LogP) is 4.56. The summed E-state index contributed by atoms with van der Waals surface area (Å²) in [6.45, 7) is 3.47. The summed E-state index contributed by atoms with van der Waals surface area (Å²) < 4.78 is 14.2. The second-order valence-corrected chi connectivity index (χ2v) is 9.41. The molecule has 3 aromatic rings. The van der Waals surface area contributed by atoms with Gasteiger partial charge in [0.25, 0.3) is 5.91 Å². The monoisotopic (exact) mass is 497 g/mol. The number of nitrogens with zero attached hydrogens (tertiary/aromatic N) is 5. The number of anilines is 1. The first-order valence-corrected chi connectivity index (χ1v) is 12.4. The number of piperazine rings is 1. The van der Waals surface area contributed by atoms with Crippen molar-refractivity contribution < 1.29 is 9.53 Å². The van der Waals surface area contributed by atoms with Gasteiger partial charge in [-0.15, -0.1) is 0 Å². The van der Waals surface area contributed by atoms with Crippen LogP contribution < -0.4 is 9.64 Å². The van der Waals surface area contributed by atoms with E-state index in [0.717, 1.165) is 65.8 Å². The molecular formula is C23H20ClN5O2S2. The number of amidine groups is 1. The smallest absolute Gasteiger partial charge is 0.286 e. The van der Waals surface area contributed by atoms with Gasteiger partial charge in [0.05, 0.1) is 16.6 Å². The number of rotatable bonds is 5. The minimum atomic E-state index is -0.209. The normalized spacial score (nSPS) is 17.5. The summed E-state index contributed by atoms with van der Waals surface area (Å²) >= 11 is 8.63. The summed E-state index contributed by atoms with van der Waals surface area (Å²) in [5.41, 5.74) is 2.01. The number of thioether (sulfide) groups is 1. The first-order chi connectivity index (χ1) is 16.2. The second kappa shape index (κ2) is 9.94. The molecule has 0 saturated carbocycles. The van der Waals surface area contributed by atoms with E-state index in [4.69, 9.17) is 16.3 Å². The molecule has 1 aromatic heterocycles. The van der Waals surface area contributed by atoms with E-state index in [1.165, 1.54) is 11.8 Å². The maximum Gasteiger partial charge on any atom is 0.286 e. The highest BCUT2D eigenvalue weighted by Crippen LogP contribution is 2.32. The summed E-state index contributed by atoms with van der Waals surface area (Å²) in [5, 5.41) is 1.18. The van der Waals surface area contributed by atoms with Gasteiger partial charge in [-0.25, -0.2) is 0 Å². The molecule has 5 rings (SSSR count). The van der Waals surface area contributed by atoms with Crippen molar-refractivity contribution in [3.8, 4) is 5.75 Å². The van der Waals surface area contributed by atoms with Crippen LogP contribution in [0.3, 0.4) is 0 Å². The molecule has 0 aliphatic carbocycles. The van der Waals surface area contributed by atoms with Gasteiger partial charge in [-0.1, -0.05) is 54.1 Å². The van der Waals surface area contributed by atoms with Crippen molar-refractivity contribution in [3.05, 3.63) is 75.8 Å². The van der Waals surface area contributed by atoms with Gasteiger partial charge in [0.15, 0.2) is 16.1 Å². The Hall–Kier alpha value is -2.88. The van der Waals surface area contributed by atoms with Crippen LogP contribution in [0.2, 0.25) is 5.15 Å². The number of hydrogen-bond donors (Lipinski definition) is 0. The van der Waals surface area contributed by atoms with E-state index < -0.39 is 0 Å². The fraction of sp³-hybridized carbons (Fsp3) is 0.217. The first kappa shape index (κ1) is 21.9. The van der Waals surface area contributed by atoms with Gasteiger partial charge in [0, 0.05) is 26.2 Å². The van der Waals surface area contributed by atoms with E-state index in [1.807, 2.05) is 60.7 Å². The van der Waals surface area contributed by atoms with Gasteiger partial charge in [-0.3, -0.25) is 4.79 Å². The quantitative estimate of drug-likeness (QED) is 0.478. The van der Waals surface area contributed by atoms with Gasteiger partial charge >= 0.3 is 0 Å². The zero-order valence-corrected chi connectivity index (χ0v) is 19.9. The number of benzene rings is 2. The third-order valence-corrected chi connectivity index (χ3v) is 7.21. The van der Waals surface area contributed by atoms with Gasteiger partial charge in [0.1, 0.15) is 12.4 Å². The van der Waals surface area contributed by atoms with Crippen LogP contribution >= 0.6 is 35.1 Å². The highest BCUT2D eigenvalue weighted by Gasteiger charge is 2.29. The fourth-order valence-electron chi connectivity index (χ4n) is 3.59. The van der Waals surface area contributed by atoms with Crippen molar-refractivity contribution in [2.45, 2.75) is 6.61 Å². The lowest BCUT2D eigenvalue weighted by atomic mass is 10.2. The molecule has 2 aromatic carbocycles. The highest BCUT2D eigenvalue weighted by molar-refractivity contribution is 8.18.